The number of rotatable bonds is 10. The number of imide groups is 1. The first-order valence-corrected chi connectivity index (χ1v) is 11.9. The van der Waals surface area contributed by atoms with Crippen molar-refractivity contribution in [1.82, 2.24) is 10.2 Å². The van der Waals surface area contributed by atoms with E-state index >= 15 is 0 Å². The third kappa shape index (κ3) is 5.64. The number of amides is 3. The van der Waals surface area contributed by atoms with Crippen LogP contribution < -0.4 is 14.8 Å². The van der Waals surface area contributed by atoms with Crippen molar-refractivity contribution in [3.8, 4) is 11.5 Å². The second kappa shape index (κ2) is 11.4. The summed E-state index contributed by atoms with van der Waals surface area (Å²) in [6.07, 6.45) is 3.80. The normalized spacial score (nSPS) is 14.1. The number of allylic oxidation sites excluding steroid dienone is 1. The number of hydrogen-bond donors (Lipinski definition) is 1. The number of esters is 1. The maximum Gasteiger partial charge on any atom is 0.329 e. The molecule has 1 fully saturated rings. The van der Waals surface area contributed by atoms with Crippen molar-refractivity contribution in [2.24, 2.45) is 0 Å². The summed E-state index contributed by atoms with van der Waals surface area (Å²) in [7, 11) is 1.19. The van der Waals surface area contributed by atoms with E-state index in [2.05, 4.69) is 34.8 Å². The molecule has 190 valence electrons. The zero-order valence-corrected chi connectivity index (χ0v) is 20.8. The molecule has 37 heavy (non-hydrogen) atoms. The van der Waals surface area contributed by atoms with Gasteiger partial charge in [0.25, 0.3) is 5.91 Å². The Morgan fingerprint density at radius 2 is 1.84 bits per heavy atom. The van der Waals surface area contributed by atoms with Crippen LogP contribution in [0.5, 0.6) is 11.5 Å². The van der Waals surface area contributed by atoms with E-state index in [1.54, 1.807) is 18.2 Å². The average molecular weight is 501 g/mol. The van der Waals surface area contributed by atoms with Crippen molar-refractivity contribution in [3.05, 3.63) is 89.6 Å². The van der Waals surface area contributed by atoms with Gasteiger partial charge in [-0.3, -0.25) is 9.59 Å². The van der Waals surface area contributed by atoms with Crippen LogP contribution in [0.3, 0.4) is 0 Å². The number of hydrogen-bond acceptors (Lipinski definition) is 6. The molecule has 0 aliphatic carbocycles. The van der Waals surface area contributed by atoms with Crippen LogP contribution in [0.1, 0.15) is 23.6 Å². The fourth-order valence-corrected chi connectivity index (χ4v) is 4.14. The lowest BCUT2D eigenvalue weighted by Crippen LogP contribution is -2.36. The van der Waals surface area contributed by atoms with E-state index in [9.17, 15) is 14.4 Å². The fraction of sp³-hybridized carbons (Fsp3) is 0.207. The highest BCUT2D eigenvalue weighted by Gasteiger charge is 2.35. The van der Waals surface area contributed by atoms with Gasteiger partial charge in [0.15, 0.2) is 11.5 Å². The molecule has 0 unspecified atom stereocenters. The Bertz CT molecular complexity index is 1390. The molecule has 0 aromatic heterocycles. The Morgan fingerprint density at radius 3 is 2.59 bits per heavy atom. The van der Waals surface area contributed by atoms with Crippen LogP contribution in [0.4, 0.5) is 4.79 Å². The number of nitrogens with zero attached hydrogens (tertiary/aromatic N) is 1. The molecular formula is C29H28N2O6. The molecular weight excluding hydrogens is 472 g/mol. The van der Waals surface area contributed by atoms with Crippen molar-refractivity contribution < 1.29 is 28.6 Å². The van der Waals surface area contributed by atoms with Gasteiger partial charge >= 0.3 is 12.0 Å². The van der Waals surface area contributed by atoms with Crippen molar-refractivity contribution in [1.29, 1.82) is 0 Å². The van der Waals surface area contributed by atoms with Crippen molar-refractivity contribution in [2.45, 2.75) is 20.0 Å². The third-order valence-electron chi connectivity index (χ3n) is 5.86. The monoisotopic (exact) mass is 500 g/mol. The Balaban J connectivity index is 1.66. The SMILES string of the molecule is C=CCc1cc(/C=C2/NC(=O)N(CC(=O)OC)C2=O)cc(OCC)c1OCc1cccc2ccccc12. The Morgan fingerprint density at radius 1 is 1.05 bits per heavy atom. The Kier molecular flexibility index (Phi) is 7.88. The second-order valence-electron chi connectivity index (χ2n) is 8.32. The van der Waals surface area contributed by atoms with E-state index in [4.69, 9.17) is 9.47 Å². The Hall–Kier alpha value is -4.59. The fourth-order valence-electron chi connectivity index (χ4n) is 4.14. The first kappa shape index (κ1) is 25.5. The van der Waals surface area contributed by atoms with Crippen molar-refractivity contribution in [3.63, 3.8) is 0 Å². The van der Waals surface area contributed by atoms with Gasteiger partial charge in [0.1, 0.15) is 18.8 Å². The van der Waals surface area contributed by atoms with E-state index in [0.29, 0.717) is 36.7 Å². The number of carbonyl (C=O) groups is 3. The van der Waals surface area contributed by atoms with E-state index in [1.807, 2.05) is 37.3 Å². The van der Waals surface area contributed by atoms with Crippen LogP contribution in [-0.2, 0) is 27.4 Å². The maximum atomic E-state index is 12.7. The summed E-state index contributed by atoms with van der Waals surface area (Å²) in [4.78, 5) is 37.3. The maximum absolute atomic E-state index is 12.7. The van der Waals surface area contributed by atoms with Crippen LogP contribution in [0.15, 0.2) is 72.9 Å². The Labute approximate surface area is 215 Å². The largest absolute Gasteiger partial charge is 0.490 e. The molecule has 1 N–H and O–H groups in total. The summed E-state index contributed by atoms with van der Waals surface area (Å²) < 4.78 is 16.8. The number of carbonyl (C=O) groups excluding carboxylic acids is 3. The van der Waals surface area contributed by atoms with Crippen LogP contribution >= 0.6 is 0 Å². The highest BCUT2D eigenvalue weighted by molar-refractivity contribution is 6.15. The zero-order chi connectivity index (χ0) is 26.4. The lowest BCUT2D eigenvalue weighted by molar-refractivity contribution is -0.143. The third-order valence-corrected chi connectivity index (χ3v) is 5.86. The highest BCUT2D eigenvalue weighted by atomic mass is 16.5. The number of nitrogens with one attached hydrogen (secondary N) is 1. The first-order chi connectivity index (χ1) is 17.9. The van der Waals surface area contributed by atoms with Crippen LogP contribution in [0.2, 0.25) is 0 Å². The van der Waals surface area contributed by atoms with Gasteiger partial charge in [-0.2, -0.15) is 0 Å². The van der Waals surface area contributed by atoms with E-state index in [0.717, 1.165) is 26.8 Å². The van der Waals surface area contributed by atoms with Crippen molar-refractivity contribution >= 4 is 34.8 Å². The molecule has 0 radical (unpaired) electrons. The van der Waals surface area contributed by atoms with Crippen molar-refractivity contribution in [2.75, 3.05) is 20.3 Å². The number of benzene rings is 3. The van der Waals surface area contributed by atoms with E-state index in [-0.39, 0.29) is 5.70 Å². The molecule has 1 heterocycles. The van der Waals surface area contributed by atoms with Gasteiger partial charge in [-0.1, -0.05) is 48.5 Å². The summed E-state index contributed by atoms with van der Waals surface area (Å²) in [5, 5.41) is 4.75. The molecule has 3 aromatic carbocycles. The highest BCUT2D eigenvalue weighted by Crippen LogP contribution is 2.36. The lowest BCUT2D eigenvalue weighted by atomic mass is 10.0. The summed E-state index contributed by atoms with van der Waals surface area (Å²) in [5.41, 5.74) is 2.53. The van der Waals surface area contributed by atoms with Gasteiger partial charge in [-0.25, -0.2) is 9.69 Å². The summed E-state index contributed by atoms with van der Waals surface area (Å²) >= 11 is 0. The molecule has 8 heteroatoms. The molecule has 3 aromatic rings. The molecule has 8 nitrogen and oxygen atoms in total. The zero-order valence-electron chi connectivity index (χ0n) is 20.8. The summed E-state index contributed by atoms with van der Waals surface area (Å²) in [6.45, 7) is 6.01. The van der Waals surface area contributed by atoms with Crippen LogP contribution in [0.25, 0.3) is 16.8 Å². The number of ether oxygens (including phenoxy) is 3. The smallest absolute Gasteiger partial charge is 0.329 e. The van der Waals surface area contributed by atoms with Gasteiger partial charge in [-0.05, 0) is 53.5 Å². The predicted octanol–water partition coefficient (Wildman–Crippen LogP) is 4.61. The summed E-state index contributed by atoms with van der Waals surface area (Å²) in [5.74, 6) is -0.206. The molecule has 1 aliphatic heterocycles. The minimum Gasteiger partial charge on any atom is -0.490 e. The quantitative estimate of drug-likeness (QED) is 0.189. The minimum absolute atomic E-state index is 0.0466. The molecule has 0 spiro atoms. The van der Waals surface area contributed by atoms with Crippen LogP contribution in [0, 0.1) is 0 Å². The first-order valence-electron chi connectivity index (χ1n) is 11.9. The average Bonchev–Trinajstić information content (AvgIpc) is 3.15. The molecule has 3 amide bonds. The van der Waals surface area contributed by atoms with E-state index < -0.39 is 24.5 Å². The topological polar surface area (TPSA) is 94.2 Å². The lowest BCUT2D eigenvalue weighted by Gasteiger charge is -2.17. The molecule has 0 saturated carbocycles. The van der Waals surface area contributed by atoms with Gasteiger partial charge < -0.3 is 19.5 Å². The summed E-state index contributed by atoms with van der Waals surface area (Å²) in [6, 6.07) is 17.1. The second-order valence-corrected chi connectivity index (χ2v) is 8.32. The number of methoxy groups -OCH3 is 1. The molecule has 1 saturated heterocycles. The molecule has 0 bridgehead atoms. The van der Waals surface area contributed by atoms with Gasteiger partial charge in [0.2, 0.25) is 0 Å². The standard InChI is InChI=1S/C29H28N2O6/c1-4-9-21-14-19(15-24-28(33)31(29(34)30-24)17-26(32)35-3)16-25(36-5-2)27(21)37-18-22-12-8-11-20-10-6-7-13-23(20)22/h4,6-8,10-16H,1,5,9,17-18H2,2-3H3,(H,30,34)/b24-15+. The molecule has 4 rings (SSSR count). The minimum atomic E-state index is -0.690. The number of fused-ring (bicyclic) bond motifs is 1. The van der Waals surface area contributed by atoms with Gasteiger partial charge in [-0.15, -0.1) is 6.58 Å². The molecule has 1 aliphatic rings. The van der Waals surface area contributed by atoms with E-state index in [1.165, 1.54) is 7.11 Å². The van der Waals surface area contributed by atoms with Gasteiger partial charge in [0, 0.05) is 5.56 Å². The number of urea groups is 1. The molecule has 0 atom stereocenters. The predicted molar refractivity (Wildman–Crippen MR) is 140 cm³/mol. The van der Waals surface area contributed by atoms with Crippen LogP contribution in [-0.4, -0.2) is 43.1 Å². The van der Waals surface area contributed by atoms with Gasteiger partial charge in [0.05, 0.1) is 13.7 Å².